The van der Waals surface area contributed by atoms with Crippen molar-refractivity contribution in [3.63, 3.8) is 0 Å². The van der Waals surface area contributed by atoms with Gasteiger partial charge >= 0.3 is 0 Å². The van der Waals surface area contributed by atoms with Crippen molar-refractivity contribution in [2.45, 2.75) is 25.7 Å². The van der Waals surface area contributed by atoms with Gasteiger partial charge in [-0.05, 0) is 36.1 Å². The van der Waals surface area contributed by atoms with Crippen molar-refractivity contribution in [2.24, 2.45) is 0 Å². The van der Waals surface area contributed by atoms with Crippen molar-refractivity contribution in [2.75, 3.05) is 13.7 Å². The lowest BCUT2D eigenvalue weighted by atomic mass is 9.95. The van der Waals surface area contributed by atoms with E-state index in [1.165, 1.54) is 5.56 Å². The Morgan fingerprint density at radius 2 is 1.77 bits per heavy atom. The van der Waals surface area contributed by atoms with Gasteiger partial charge in [0.05, 0.1) is 13.0 Å². The number of nitrogens with one attached hydrogen (secondary N) is 1. The molecule has 3 nitrogen and oxygen atoms in total. The quantitative estimate of drug-likeness (QED) is 0.849. The first-order valence-corrected chi connectivity index (χ1v) is 7.70. The highest BCUT2D eigenvalue weighted by atomic mass is 16.5. The predicted octanol–water partition coefficient (Wildman–Crippen LogP) is 3.55. The van der Waals surface area contributed by atoms with Gasteiger partial charge in [-0.2, -0.15) is 0 Å². The van der Waals surface area contributed by atoms with Gasteiger partial charge in [0, 0.05) is 6.54 Å². The van der Waals surface area contributed by atoms with Crippen LogP contribution in [0.2, 0.25) is 0 Å². The molecule has 116 valence electrons. The van der Waals surface area contributed by atoms with E-state index in [4.69, 9.17) is 4.74 Å². The topological polar surface area (TPSA) is 38.3 Å². The minimum absolute atomic E-state index is 0.0722. The second kappa shape index (κ2) is 8.23. The van der Waals surface area contributed by atoms with Crippen molar-refractivity contribution in [1.29, 1.82) is 0 Å². The minimum Gasteiger partial charge on any atom is -0.497 e. The Morgan fingerprint density at radius 3 is 2.36 bits per heavy atom. The number of carbonyl (C=O) groups is 1. The molecule has 0 heterocycles. The van der Waals surface area contributed by atoms with E-state index in [-0.39, 0.29) is 11.8 Å². The number of ether oxygens (including phenoxy) is 1. The number of methoxy groups -OCH3 is 1. The van der Waals surface area contributed by atoms with Crippen LogP contribution >= 0.6 is 0 Å². The normalized spacial score (nSPS) is 11.7. The van der Waals surface area contributed by atoms with Gasteiger partial charge in [0.2, 0.25) is 5.91 Å². The Hall–Kier alpha value is -2.29. The number of rotatable bonds is 7. The highest BCUT2D eigenvalue weighted by molar-refractivity contribution is 5.83. The van der Waals surface area contributed by atoms with Crippen molar-refractivity contribution < 1.29 is 9.53 Å². The molecule has 1 atom stereocenters. The smallest absolute Gasteiger partial charge is 0.227 e. The Balaban J connectivity index is 1.86. The van der Waals surface area contributed by atoms with Crippen LogP contribution in [0.5, 0.6) is 5.75 Å². The molecule has 1 amide bonds. The molecule has 0 aliphatic carbocycles. The lowest BCUT2D eigenvalue weighted by Gasteiger charge is -2.15. The van der Waals surface area contributed by atoms with Crippen LogP contribution in [0, 0.1) is 0 Å². The van der Waals surface area contributed by atoms with Gasteiger partial charge in [-0.25, -0.2) is 0 Å². The molecule has 1 N–H and O–H groups in total. The Bertz CT molecular complexity index is 578. The first-order valence-electron chi connectivity index (χ1n) is 7.70. The molecule has 0 aromatic heterocycles. The van der Waals surface area contributed by atoms with E-state index in [0.29, 0.717) is 6.54 Å². The molecule has 0 fully saturated rings. The minimum atomic E-state index is -0.0722. The summed E-state index contributed by atoms with van der Waals surface area (Å²) in [6, 6.07) is 17.9. The molecule has 0 aliphatic heterocycles. The summed E-state index contributed by atoms with van der Waals surface area (Å²) in [5.41, 5.74) is 2.26. The SMILES string of the molecule is CCC(C(=O)NCCc1ccc(OC)cc1)c1ccccc1. The van der Waals surface area contributed by atoms with Crippen LogP contribution in [0.1, 0.15) is 30.4 Å². The van der Waals surface area contributed by atoms with Gasteiger partial charge < -0.3 is 10.1 Å². The molecule has 0 saturated carbocycles. The van der Waals surface area contributed by atoms with Crippen molar-refractivity contribution in [3.8, 4) is 5.75 Å². The summed E-state index contributed by atoms with van der Waals surface area (Å²) >= 11 is 0. The second-order valence-electron chi connectivity index (χ2n) is 5.26. The molecule has 0 spiro atoms. The van der Waals surface area contributed by atoms with Crippen molar-refractivity contribution in [1.82, 2.24) is 5.32 Å². The fraction of sp³-hybridized carbons (Fsp3) is 0.316. The maximum Gasteiger partial charge on any atom is 0.227 e. The third-order valence-electron chi connectivity index (χ3n) is 3.80. The molecular formula is C19H23NO2. The van der Waals surface area contributed by atoms with Crippen molar-refractivity contribution >= 4 is 5.91 Å². The van der Waals surface area contributed by atoms with Gasteiger partial charge in [0.1, 0.15) is 5.75 Å². The fourth-order valence-corrected chi connectivity index (χ4v) is 2.50. The fourth-order valence-electron chi connectivity index (χ4n) is 2.50. The Morgan fingerprint density at radius 1 is 1.09 bits per heavy atom. The van der Waals surface area contributed by atoms with E-state index in [2.05, 4.69) is 5.32 Å². The van der Waals surface area contributed by atoms with Gasteiger partial charge in [0.15, 0.2) is 0 Å². The number of benzene rings is 2. The molecular weight excluding hydrogens is 274 g/mol. The van der Waals surface area contributed by atoms with Crippen LogP contribution in [0.3, 0.4) is 0 Å². The van der Waals surface area contributed by atoms with Crippen LogP contribution in [0.4, 0.5) is 0 Å². The summed E-state index contributed by atoms with van der Waals surface area (Å²) in [5.74, 6) is 0.877. The maximum absolute atomic E-state index is 12.3. The third kappa shape index (κ3) is 4.35. The van der Waals surface area contributed by atoms with Crippen LogP contribution < -0.4 is 10.1 Å². The first-order chi connectivity index (χ1) is 10.7. The van der Waals surface area contributed by atoms with E-state index in [0.717, 1.165) is 24.2 Å². The summed E-state index contributed by atoms with van der Waals surface area (Å²) in [4.78, 5) is 12.3. The number of hydrogen-bond donors (Lipinski definition) is 1. The van der Waals surface area contributed by atoms with Gasteiger partial charge in [0.25, 0.3) is 0 Å². The zero-order valence-electron chi connectivity index (χ0n) is 13.2. The molecule has 3 heteroatoms. The lowest BCUT2D eigenvalue weighted by molar-refractivity contribution is -0.122. The Labute approximate surface area is 132 Å². The first kappa shape index (κ1) is 16.1. The lowest BCUT2D eigenvalue weighted by Crippen LogP contribution is -2.30. The zero-order chi connectivity index (χ0) is 15.8. The maximum atomic E-state index is 12.3. The predicted molar refractivity (Wildman–Crippen MR) is 89.2 cm³/mol. The highest BCUT2D eigenvalue weighted by Gasteiger charge is 2.17. The molecule has 0 aliphatic rings. The molecule has 2 aromatic rings. The zero-order valence-corrected chi connectivity index (χ0v) is 13.2. The van der Waals surface area contributed by atoms with Gasteiger partial charge in [-0.15, -0.1) is 0 Å². The molecule has 2 rings (SSSR count). The average Bonchev–Trinajstić information content (AvgIpc) is 2.57. The molecule has 0 saturated heterocycles. The number of hydrogen-bond acceptors (Lipinski definition) is 2. The Kier molecular flexibility index (Phi) is 6.01. The van der Waals surface area contributed by atoms with Crippen molar-refractivity contribution in [3.05, 3.63) is 65.7 Å². The number of carbonyl (C=O) groups excluding carboxylic acids is 1. The van der Waals surface area contributed by atoms with E-state index >= 15 is 0 Å². The van der Waals surface area contributed by atoms with Crippen LogP contribution in [-0.4, -0.2) is 19.6 Å². The molecule has 2 aromatic carbocycles. The van der Waals surface area contributed by atoms with Gasteiger partial charge in [-0.3, -0.25) is 4.79 Å². The van der Waals surface area contributed by atoms with Crippen LogP contribution in [-0.2, 0) is 11.2 Å². The summed E-state index contributed by atoms with van der Waals surface area (Å²) in [7, 11) is 1.66. The van der Waals surface area contributed by atoms with E-state index in [1.807, 2.05) is 61.5 Å². The molecule has 1 unspecified atom stereocenters. The highest BCUT2D eigenvalue weighted by Crippen LogP contribution is 2.19. The molecule has 0 radical (unpaired) electrons. The summed E-state index contributed by atoms with van der Waals surface area (Å²) in [6.45, 7) is 2.69. The van der Waals surface area contributed by atoms with Crippen LogP contribution in [0.25, 0.3) is 0 Å². The van der Waals surface area contributed by atoms with E-state index in [9.17, 15) is 4.79 Å². The largest absolute Gasteiger partial charge is 0.497 e. The number of amides is 1. The summed E-state index contributed by atoms with van der Waals surface area (Å²) in [6.07, 6.45) is 1.62. The van der Waals surface area contributed by atoms with Gasteiger partial charge in [-0.1, -0.05) is 49.4 Å². The molecule has 0 bridgehead atoms. The molecule has 22 heavy (non-hydrogen) atoms. The summed E-state index contributed by atoms with van der Waals surface area (Å²) < 4.78 is 5.14. The summed E-state index contributed by atoms with van der Waals surface area (Å²) in [5, 5.41) is 3.04. The monoisotopic (exact) mass is 297 g/mol. The standard InChI is InChI=1S/C19H23NO2/c1-3-18(16-7-5-4-6-8-16)19(21)20-14-13-15-9-11-17(22-2)12-10-15/h4-12,18H,3,13-14H2,1-2H3,(H,20,21). The average molecular weight is 297 g/mol. The van der Waals surface area contributed by atoms with E-state index < -0.39 is 0 Å². The van der Waals surface area contributed by atoms with Crippen LogP contribution in [0.15, 0.2) is 54.6 Å². The second-order valence-corrected chi connectivity index (χ2v) is 5.26. The third-order valence-corrected chi connectivity index (χ3v) is 3.80. The van der Waals surface area contributed by atoms with E-state index in [1.54, 1.807) is 7.11 Å².